The van der Waals surface area contributed by atoms with E-state index in [1.165, 1.54) is 12.1 Å². The lowest BCUT2D eigenvalue weighted by Crippen LogP contribution is -2.31. The van der Waals surface area contributed by atoms with E-state index in [0.717, 1.165) is 35.1 Å². The van der Waals surface area contributed by atoms with Crippen LogP contribution in [0.4, 0.5) is 5.69 Å². The summed E-state index contributed by atoms with van der Waals surface area (Å²) in [6.45, 7) is 14.9. The molecule has 2 N–H and O–H groups in total. The number of hydrogen-bond acceptors (Lipinski definition) is 5. The number of carbonyl (C=O) groups is 1. The summed E-state index contributed by atoms with van der Waals surface area (Å²) in [6, 6.07) is 9.89. The lowest BCUT2D eigenvalue weighted by atomic mass is 9.78. The van der Waals surface area contributed by atoms with E-state index in [0.29, 0.717) is 17.9 Å². The number of benzene rings is 2. The number of nitrogens with one attached hydrogen (secondary N) is 1. The number of amidine groups is 1. The van der Waals surface area contributed by atoms with E-state index in [4.69, 9.17) is 5.41 Å². The highest BCUT2D eigenvalue weighted by atomic mass is 79.9. The first-order valence-corrected chi connectivity index (χ1v) is 12.8. The second-order valence-electron chi connectivity index (χ2n) is 12.0. The van der Waals surface area contributed by atoms with Crippen molar-refractivity contribution in [3.05, 3.63) is 74.3 Å². The zero-order valence-corrected chi connectivity index (χ0v) is 25.1. The lowest BCUT2D eigenvalue weighted by molar-refractivity contribution is -0.384. The number of phenols is 1. The molecule has 1 heterocycles. The highest BCUT2D eigenvalue weighted by molar-refractivity contribution is 8.93. The van der Waals surface area contributed by atoms with E-state index >= 15 is 0 Å². The van der Waals surface area contributed by atoms with Crippen molar-refractivity contribution >= 4 is 40.4 Å². The van der Waals surface area contributed by atoms with Crippen LogP contribution in [0.1, 0.15) is 88.4 Å². The van der Waals surface area contributed by atoms with Gasteiger partial charge in [0.15, 0.2) is 5.78 Å². The Morgan fingerprint density at radius 1 is 1.11 bits per heavy atom. The summed E-state index contributed by atoms with van der Waals surface area (Å²) >= 11 is 0. The molecule has 1 fully saturated rings. The lowest BCUT2D eigenvalue weighted by Gasteiger charge is -2.28. The molecule has 1 saturated heterocycles. The standard InChI is InChI=1S/C30H39N3O4.BrH/c1-8-9-20-17-32(28(31)23(20)14-19-10-12-22(13-11-19)33(36)37)18-26(34)21-15-24(29(2,3)4)27(35)25(16-21)30(5,6)7;/h10-16,20,31,35H,8-9,17-18H2,1-7H3;1H/b23-14-,31-28?;. The molecule has 0 saturated carbocycles. The van der Waals surface area contributed by atoms with Gasteiger partial charge in [-0.1, -0.05) is 54.9 Å². The first-order valence-electron chi connectivity index (χ1n) is 12.8. The molecular weight excluding hydrogens is 546 g/mol. The van der Waals surface area contributed by atoms with Crippen molar-refractivity contribution in [2.24, 2.45) is 5.92 Å². The van der Waals surface area contributed by atoms with Gasteiger partial charge in [0.2, 0.25) is 0 Å². The Hall–Kier alpha value is -3.00. The molecule has 38 heavy (non-hydrogen) atoms. The summed E-state index contributed by atoms with van der Waals surface area (Å²) in [6.07, 6.45) is 3.74. The maximum absolute atomic E-state index is 13.5. The van der Waals surface area contributed by atoms with Gasteiger partial charge < -0.3 is 10.0 Å². The highest BCUT2D eigenvalue weighted by Gasteiger charge is 2.34. The molecular formula is C30H40BrN3O4. The number of nitrogens with zero attached hydrogens (tertiary/aromatic N) is 2. The van der Waals surface area contributed by atoms with Crippen LogP contribution in [0.15, 0.2) is 42.0 Å². The summed E-state index contributed by atoms with van der Waals surface area (Å²) in [4.78, 5) is 25.9. The topological polar surface area (TPSA) is 108 Å². The number of nitro groups is 1. The monoisotopic (exact) mass is 585 g/mol. The van der Waals surface area contributed by atoms with Gasteiger partial charge in [0.05, 0.1) is 11.5 Å². The van der Waals surface area contributed by atoms with Crippen molar-refractivity contribution in [1.29, 1.82) is 5.41 Å². The second-order valence-corrected chi connectivity index (χ2v) is 12.0. The summed E-state index contributed by atoms with van der Waals surface area (Å²) in [5.41, 5.74) is 3.01. The molecule has 1 unspecified atom stereocenters. The molecule has 3 rings (SSSR count). The minimum Gasteiger partial charge on any atom is -0.507 e. The third kappa shape index (κ3) is 6.90. The number of halogens is 1. The Balaban J connectivity index is 0.00000507. The molecule has 7 nitrogen and oxygen atoms in total. The van der Waals surface area contributed by atoms with E-state index < -0.39 is 4.92 Å². The maximum atomic E-state index is 13.5. The number of carbonyl (C=O) groups excluding carboxylic acids is 1. The maximum Gasteiger partial charge on any atom is 0.269 e. The van der Waals surface area contributed by atoms with E-state index in [-0.39, 0.29) is 57.5 Å². The fourth-order valence-electron chi connectivity index (χ4n) is 4.83. The zero-order valence-electron chi connectivity index (χ0n) is 23.4. The number of nitro benzene ring substituents is 1. The number of ketones is 1. The van der Waals surface area contributed by atoms with Crippen LogP contribution in [-0.4, -0.2) is 39.6 Å². The first-order chi connectivity index (χ1) is 17.1. The van der Waals surface area contributed by atoms with Crippen molar-refractivity contribution in [3.63, 3.8) is 0 Å². The van der Waals surface area contributed by atoms with E-state index in [9.17, 15) is 20.0 Å². The average molecular weight is 587 g/mol. The Labute approximate surface area is 236 Å². The van der Waals surface area contributed by atoms with Crippen LogP contribution in [0.2, 0.25) is 0 Å². The SMILES string of the molecule is Br.CCCC1CN(CC(=O)c2cc(C(C)(C)C)c(O)c(C(C)(C)C)c2)C(=N)/C1=C\c1ccc([N+](=O)[O-])cc1. The number of hydrogen-bond donors (Lipinski definition) is 2. The predicted octanol–water partition coefficient (Wildman–Crippen LogP) is 7.45. The van der Waals surface area contributed by atoms with E-state index in [2.05, 4.69) is 6.92 Å². The van der Waals surface area contributed by atoms with Crippen LogP contribution < -0.4 is 0 Å². The molecule has 2 aromatic rings. The molecule has 1 aliphatic rings. The predicted molar refractivity (Wildman–Crippen MR) is 159 cm³/mol. The Bertz CT molecular complexity index is 1200. The number of aromatic hydroxyl groups is 1. The van der Waals surface area contributed by atoms with Crippen LogP contribution in [-0.2, 0) is 10.8 Å². The molecule has 0 amide bonds. The zero-order chi connectivity index (χ0) is 27.7. The van der Waals surface area contributed by atoms with Crippen molar-refractivity contribution in [1.82, 2.24) is 4.90 Å². The Morgan fingerprint density at radius 2 is 1.63 bits per heavy atom. The third-order valence-electron chi connectivity index (χ3n) is 6.92. The molecule has 8 heteroatoms. The van der Waals surface area contributed by atoms with Crippen LogP contribution in [0.5, 0.6) is 5.75 Å². The molecule has 206 valence electrons. The fraction of sp³-hybridized carbons (Fsp3) is 0.467. The van der Waals surface area contributed by atoms with Gasteiger partial charge in [-0.05, 0) is 58.7 Å². The average Bonchev–Trinajstić information content (AvgIpc) is 3.07. The van der Waals surface area contributed by atoms with Crippen LogP contribution in [0.25, 0.3) is 6.08 Å². The van der Waals surface area contributed by atoms with Gasteiger partial charge in [-0.15, -0.1) is 17.0 Å². The van der Waals surface area contributed by atoms with Crippen molar-refractivity contribution in [2.75, 3.05) is 13.1 Å². The third-order valence-corrected chi connectivity index (χ3v) is 6.92. The molecule has 2 aromatic carbocycles. The van der Waals surface area contributed by atoms with Crippen LogP contribution in [0, 0.1) is 21.4 Å². The number of phenolic OH excluding ortho intramolecular Hbond substituents is 1. The molecule has 0 spiro atoms. The van der Waals surface area contributed by atoms with Crippen LogP contribution >= 0.6 is 17.0 Å². The summed E-state index contributed by atoms with van der Waals surface area (Å²) in [5, 5.41) is 30.9. The van der Waals surface area contributed by atoms with E-state index in [1.54, 1.807) is 24.3 Å². The number of Topliss-reactive ketones (excluding diaryl/α,β-unsaturated/α-hetero) is 1. The van der Waals surface area contributed by atoms with Crippen molar-refractivity contribution in [3.8, 4) is 5.75 Å². The number of non-ortho nitro benzene ring substituents is 1. The molecule has 0 aromatic heterocycles. The van der Waals surface area contributed by atoms with Gasteiger partial charge in [0.1, 0.15) is 11.6 Å². The smallest absolute Gasteiger partial charge is 0.269 e. The van der Waals surface area contributed by atoms with Gasteiger partial charge in [0, 0.05) is 41.3 Å². The Kier molecular flexibility index (Phi) is 9.70. The second kappa shape index (κ2) is 11.8. The van der Waals surface area contributed by atoms with Gasteiger partial charge in [-0.2, -0.15) is 0 Å². The summed E-state index contributed by atoms with van der Waals surface area (Å²) in [7, 11) is 0. The van der Waals surface area contributed by atoms with Gasteiger partial charge in [-0.25, -0.2) is 0 Å². The fourth-order valence-corrected chi connectivity index (χ4v) is 4.83. The molecule has 0 radical (unpaired) electrons. The normalized spacial score (nSPS) is 17.0. The van der Waals surface area contributed by atoms with Gasteiger partial charge >= 0.3 is 0 Å². The van der Waals surface area contributed by atoms with Crippen molar-refractivity contribution in [2.45, 2.75) is 72.1 Å². The molecule has 0 aliphatic carbocycles. The summed E-state index contributed by atoms with van der Waals surface area (Å²) < 4.78 is 0. The number of rotatable bonds is 7. The van der Waals surface area contributed by atoms with E-state index in [1.807, 2.05) is 52.5 Å². The summed E-state index contributed by atoms with van der Waals surface area (Å²) in [5.74, 6) is 0.570. The minimum absolute atomic E-state index is 0. The van der Waals surface area contributed by atoms with Gasteiger partial charge in [-0.3, -0.25) is 20.3 Å². The first kappa shape index (κ1) is 31.2. The largest absolute Gasteiger partial charge is 0.507 e. The van der Waals surface area contributed by atoms with Gasteiger partial charge in [0.25, 0.3) is 5.69 Å². The highest BCUT2D eigenvalue weighted by Crippen LogP contribution is 2.40. The molecule has 0 bridgehead atoms. The minimum atomic E-state index is -0.429. The van der Waals surface area contributed by atoms with Crippen molar-refractivity contribution < 1.29 is 14.8 Å². The molecule has 1 aliphatic heterocycles. The van der Waals surface area contributed by atoms with Crippen LogP contribution in [0.3, 0.4) is 0 Å². The number of likely N-dealkylation sites (tertiary alicyclic amines) is 1. The molecule has 1 atom stereocenters. The Morgan fingerprint density at radius 3 is 2.08 bits per heavy atom. The quantitative estimate of drug-likeness (QED) is 0.199.